The standard InChI is InChI=1S/C12H15BrF3NO2S2/c1-7-10(6-11(13)20-7)21(18,19)17-9-5-3-2-4-8(9)12(14,15)16/h6,8-9,17H,2-5H2,1H3. The fourth-order valence-corrected chi connectivity index (χ4v) is 6.35. The van der Waals surface area contributed by atoms with E-state index in [9.17, 15) is 21.6 Å². The molecular weight excluding hydrogens is 391 g/mol. The summed E-state index contributed by atoms with van der Waals surface area (Å²) in [7, 11) is -3.93. The Kier molecular flexibility index (Phi) is 5.07. The van der Waals surface area contributed by atoms with Crippen molar-refractivity contribution in [3.63, 3.8) is 0 Å². The Balaban J connectivity index is 2.24. The summed E-state index contributed by atoms with van der Waals surface area (Å²) in [4.78, 5) is 0.597. The molecule has 1 N–H and O–H groups in total. The Bertz CT molecular complexity index is 613. The van der Waals surface area contributed by atoms with Gasteiger partial charge in [0, 0.05) is 10.9 Å². The summed E-state index contributed by atoms with van der Waals surface area (Å²) in [6.07, 6.45) is -3.11. The van der Waals surface area contributed by atoms with Crippen molar-refractivity contribution in [1.82, 2.24) is 4.72 Å². The van der Waals surface area contributed by atoms with Crippen LogP contribution in [0.2, 0.25) is 0 Å². The molecule has 2 atom stereocenters. The third-order valence-corrected chi connectivity index (χ3v) is 6.92. The highest BCUT2D eigenvalue weighted by Crippen LogP contribution is 2.39. The number of nitrogens with one attached hydrogen (secondary N) is 1. The molecule has 1 aliphatic rings. The molecule has 0 saturated heterocycles. The molecule has 120 valence electrons. The number of hydrogen-bond acceptors (Lipinski definition) is 3. The van der Waals surface area contributed by atoms with Crippen LogP contribution in [0.5, 0.6) is 0 Å². The van der Waals surface area contributed by atoms with E-state index in [1.165, 1.54) is 17.4 Å². The Morgan fingerprint density at radius 3 is 2.48 bits per heavy atom. The van der Waals surface area contributed by atoms with Crippen molar-refractivity contribution in [3.8, 4) is 0 Å². The zero-order valence-electron chi connectivity index (χ0n) is 11.2. The number of sulfonamides is 1. The second-order valence-electron chi connectivity index (χ2n) is 5.13. The summed E-state index contributed by atoms with van der Waals surface area (Å²) < 4.78 is 66.6. The minimum Gasteiger partial charge on any atom is -0.207 e. The van der Waals surface area contributed by atoms with Crippen molar-refractivity contribution in [2.75, 3.05) is 0 Å². The van der Waals surface area contributed by atoms with Gasteiger partial charge in [-0.1, -0.05) is 12.8 Å². The molecule has 21 heavy (non-hydrogen) atoms. The second kappa shape index (κ2) is 6.17. The normalized spacial score (nSPS) is 24.2. The van der Waals surface area contributed by atoms with E-state index >= 15 is 0 Å². The summed E-state index contributed by atoms with van der Waals surface area (Å²) in [6.45, 7) is 1.63. The van der Waals surface area contributed by atoms with Crippen LogP contribution in [0.4, 0.5) is 13.2 Å². The monoisotopic (exact) mass is 405 g/mol. The smallest absolute Gasteiger partial charge is 0.207 e. The average molecular weight is 406 g/mol. The fourth-order valence-electron chi connectivity index (χ4n) is 2.62. The Labute approximate surface area is 134 Å². The fraction of sp³-hybridized carbons (Fsp3) is 0.667. The van der Waals surface area contributed by atoms with Gasteiger partial charge < -0.3 is 0 Å². The van der Waals surface area contributed by atoms with Crippen molar-refractivity contribution >= 4 is 37.3 Å². The van der Waals surface area contributed by atoms with Crippen molar-refractivity contribution in [1.29, 1.82) is 0 Å². The predicted octanol–water partition coefficient (Wildman–Crippen LogP) is 4.22. The number of hydrogen-bond donors (Lipinski definition) is 1. The maximum atomic E-state index is 13.0. The van der Waals surface area contributed by atoms with E-state index in [0.717, 1.165) is 0 Å². The van der Waals surface area contributed by atoms with Gasteiger partial charge in [0.05, 0.1) is 14.6 Å². The zero-order valence-corrected chi connectivity index (χ0v) is 14.4. The summed E-state index contributed by atoms with van der Waals surface area (Å²) in [6, 6.07) is 0.343. The molecule has 3 nitrogen and oxygen atoms in total. The molecule has 0 bridgehead atoms. The molecule has 2 unspecified atom stereocenters. The molecular formula is C12H15BrF3NO2S2. The molecule has 2 rings (SSSR count). The van der Waals surface area contributed by atoms with E-state index in [1.807, 2.05) is 0 Å². The van der Waals surface area contributed by atoms with Crippen molar-refractivity contribution in [2.45, 2.75) is 49.7 Å². The largest absolute Gasteiger partial charge is 0.393 e. The Morgan fingerprint density at radius 2 is 1.95 bits per heavy atom. The predicted molar refractivity (Wildman–Crippen MR) is 78.9 cm³/mol. The molecule has 9 heteroatoms. The summed E-state index contributed by atoms with van der Waals surface area (Å²) >= 11 is 4.43. The van der Waals surface area contributed by atoms with Gasteiger partial charge in [-0.2, -0.15) is 13.2 Å². The molecule has 1 aromatic heterocycles. The van der Waals surface area contributed by atoms with Gasteiger partial charge in [0.25, 0.3) is 0 Å². The number of rotatable bonds is 3. The van der Waals surface area contributed by atoms with Crippen LogP contribution in [0.3, 0.4) is 0 Å². The van der Waals surface area contributed by atoms with Crippen LogP contribution in [0.1, 0.15) is 30.6 Å². The quantitative estimate of drug-likeness (QED) is 0.817. The molecule has 1 fully saturated rings. The lowest BCUT2D eigenvalue weighted by molar-refractivity contribution is -0.187. The van der Waals surface area contributed by atoms with Gasteiger partial charge in [-0.3, -0.25) is 0 Å². The van der Waals surface area contributed by atoms with Crippen molar-refractivity contribution in [3.05, 3.63) is 14.7 Å². The molecule has 0 spiro atoms. The Hall–Kier alpha value is -0.120. The molecule has 0 aromatic carbocycles. The highest BCUT2D eigenvalue weighted by Gasteiger charge is 2.46. The van der Waals surface area contributed by atoms with Gasteiger partial charge >= 0.3 is 6.18 Å². The van der Waals surface area contributed by atoms with E-state index in [0.29, 0.717) is 21.5 Å². The van der Waals surface area contributed by atoms with Crippen molar-refractivity contribution in [2.24, 2.45) is 5.92 Å². The maximum Gasteiger partial charge on any atom is 0.393 e. The first kappa shape index (κ1) is 17.2. The van der Waals surface area contributed by atoms with Crippen LogP contribution in [-0.2, 0) is 10.0 Å². The average Bonchev–Trinajstić information content (AvgIpc) is 2.68. The van der Waals surface area contributed by atoms with E-state index in [4.69, 9.17) is 0 Å². The molecule has 0 aliphatic heterocycles. The lowest BCUT2D eigenvalue weighted by Crippen LogP contribution is -2.47. The van der Waals surface area contributed by atoms with Crippen LogP contribution in [0.25, 0.3) is 0 Å². The van der Waals surface area contributed by atoms with Crippen LogP contribution in [0, 0.1) is 12.8 Å². The van der Waals surface area contributed by atoms with E-state index < -0.39 is 28.2 Å². The van der Waals surface area contributed by atoms with Crippen molar-refractivity contribution < 1.29 is 21.6 Å². The second-order valence-corrected chi connectivity index (χ2v) is 9.45. The van der Waals surface area contributed by atoms with E-state index in [-0.39, 0.29) is 17.7 Å². The third-order valence-electron chi connectivity index (χ3n) is 3.62. The zero-order chi connectivity index (χ0) is 15.8. The minimum atomic E-state index is -4.38. The molecule has 1 aliphatic carbocycles. The Morgan fingerprint density at radius 1 is 1.33 bits per heavy atom. The number of thiophene rings is 1. The van der Waals surface area contributed by atoms with Gasteiger partial charge in [0.15, 0.2) is 0 Å². The van der Waals surface area contributed by atoms with Crippen LogP contribution < -0.4 is 4.72 Å². The van der Waals surface area contributed by atoms with Gasteiger partial charge in [-0.05, 0) is 41.8 Å². The first-order chi connectivity index (χ1) is 9.61. The number of alkyl halides is 3. The lowest BCUT2D eigenvalue weighted by atomic mass is 9.85. The van der Waals surface area contributed by atoms with Gasteiger partial charge in [-0.25, -0.2) is 13.1 Å². The van der Waals surface area contributed by atoms with Crippen LogP contribution in [-0.4, -0.2) is 20.6 Å². The van der Waals surface area contributed by atoms with Gasteiger partial charge in [0.2, 0.25) is 10.0 Å². The highest BCUT2D eigenvalue weighted by molar-refractivity contribution is 9.11. The third kappa shape index (κ3) is 4.00. The summed E-state index contributed by atoms with van der Waals surface area (Å²) in [5.41, 5.74) is 0. The van der Waals surface area contributed by atoms with Crippen LogP contribution in [0.15, 0.2) is 14.7 Å². The van der Waals surface area contributed by atoms with E-state index in [1.54, 1.807) is 6.92 Å². The number of aryl methyl sites for hydroxylation is 1. The van der Waals surface area contributed by atoms with Gasteiger partial charge in [0.1, 0.15) is 0 Å². The van der Waals surface area contributed by atoms with Crippen LogP contribution >= 0.6 is 27.3 Å². The molecule has 0 radical (unpaired) electrons. The first-order valence-electron chi connectivity index (χ1n) is 6.46. The molecule has 1 saturated carbocycles. The lowest BCUT2D eigenvalue weighted by Gasteiger charge is -2.33. The molecule has 1 aromatic rings. The minimum absolute atomic E-state index is 0.0248. The summed E-state index contributed by atoms with van der Waals surface area (Å²) in [5, 5.41) is 0. The number of halogens is 4. The topological polar surface area (TPSA) is 46.2 Å². The van der Waals surface area contributed by atoms with E-state index in [2.05, 4.69) is 20.7 Å². The highest BCUT2D eigenvalue weighted by atomic mass is 79.9. The molecule has 1 heterocycles. The first-order valence-corrected chi connectivity index (χ1v) is 9.55. The maximum absolute atomic E-state index is 13.0. The molecule has 0 amide bonds. The van der Waals surface area contributed by atoms with Gasteiger partial charge in [-0.15, -0.1) is 11.3 Å². The summed E-state index contributed by atoms with van der Waals surface area (Å²) in [5.74, 6) is -1.61. The SMILES string of the molecule is Cc1sc(Br)cc1S(=O)(=O)NC1CCCCC1C(F)(F)F.